The molecule has 2 rings (SSSR count). The molecule has 4 nitrogen and oxygen atoms in total. The first-order chi connectivity index (χ1) is 11.5. The van der Waals surface area contributed by atoms with Crippen molar-refractivity contribution in [2.24, 2.45) is 0 Å². The summed E-state index contributed by atoms with van der Waals surface area (Å²) in [6, 6.07) is 15.1. The van der Waals surface area contributed by atoms with Gasteiger partial charge in [-0.15, -0.1) is 0 Å². The maximum atomic E-state index is 12.4. The second kappa shape index (κ2) is 8.39. The Hall–Kier alpha value is -2.49. The van der Waals surface area contributed by atoms with Crippen LogP contribution < -0.4 is 14.8 Å². The zero-order chi connectivity index (χ0) is 17.5. The summed E-state index contributed by atoms with van der Waals surface area (Å²) in [5.74, 6) is 1.29. The molecule has 24 heavy (non-hydrogen) atoms. The van der Waals surface area contributed by atoms with Crippen LogP contribution in [0.2, 0.25) is 0 Å². The molecule has 0 bridgehead atoms. The molecular formula is C20H25NO3. The van der Waals surface area contributed by atoms with Crippen LogP contribution in [-0.4, -0.2) is 18.1 Å². The molecule has 0 unspecified atom stereocenters. The third kappa shape index (κ3) is 5.01. The first-order valence-corrected chi connectivity index (χ1v) is 8.31. The Morgan fingerprint density at radius 1 is 1.04 bits per heavy atom. The Kier molecular flexibility index (Phi) is 6.24. The summed E-state index contributed by atoms with van der Waals surface area (Å²) < 4.78 is 11.5. The molecule has 4 heteroatoms. The van der Waals surface area contributed by atoms with Crippen LogP contribution in [0.15, 0.2) is 48.5 Å². The third-order valence-electron chi connectivity index (χ3n) is 3.50. The molecule has 1 atom stereocenters. The number of aryl methyl sites for hydroxylation is 1. The minimum Gasteiger partial charge on any atom is -0.491 e. The van der Waals surface area contributed by atoms with Gasteiger partial charge < -0.3 is 14.8 Å². The van der Waals surface area contributed by atoms with Crippen molar-refractivity contribution in [2.45, 2.75) is 46.3 Å². The number of hydrogen-bond donors (Lipinski definition) is 1. The number of hydrogen-bond acceptors (Lipinski definition) is 3. The van der Waals surface area contributed by atoms with Crippen molar-refractivity contribution in [3.05, 3.63) is 54.1 Å². The van der Waals surface area contributed by atoms with Crippen molar-refractivity contribution in [1.82, 2.24) is 0 Å². The SMILES string of the molecule is CCc1ccccc1O[C@H](C)C(=O)Nc1cccc(OC(C)C)c1. The smallest absolute Gasteiger partial charge is 0.265 e. The van der Waals surface area contributed by atoms with E-state index < -0.39 is 6.10 Å². The van der Waals surface area contributed by atoms with Gasteiger partial charge in [0.15, 0.2) is 6.10 Å². The van der Waals surface area contributed by atoms with Gasteiger partial charge in [-0.2, -0.15) is 0 Å². The topological polar surface area (TPSA) is 47.6 Å². The molecule has 0 aliphatic rings. The predicted octanol–water partition coefficient (Wildman–Crippen LogP) is 4.44. The van der Waals surface area contributed by atoms with Gasteiger partial charge in [0.05, 0.1) is 6.10 Å². The van der Waals surface area contributed by atoms with E-state index >= 15 is 0 Å². The fourth-order valence-corrected chi connectivity index (χ4v) is 2.32. The van der Waals surface area contributed by atoms with E-state index in [-0.39, 0.29) is 12.0 Å². The molecule has 2 aromatic rings. The van der Waals surface area contributed by atoms with E-state index in [9.17, 15) is 4.79 Å². The molecule has 2 aromatic carbocycles. The van der Waals surface area contributed by atoms with E-state index in [1.54, 1.807) is 6.92 Å². The third-order valence-corrected chi connectivity index (χ3v) is 3.50. The van der Waals surface area contributed by atoms with Gasteiger partial charge in [0.25, 0.3) is 5.91 Å². The zero-order valence-corrected chi connectivity index (χ0v) is 14.7. The lowest BCUT2D eigenvalue weighted by Crippen LogP contribution is -2.30. The van der Waals surface area contributed by atoms with Crippen molar-refractivity contribution in [3.63, 3.8) is 0 Å². The highest BCUT2D eigenvalue weighted by molar-refractivity contribution is 5.94. The maximum absolute atomic E-state index is 12.4. The molecule has 1 amide bonds. The van der Waals surface area contributed by atoms with E-state index in [2.05, 4.69) is 12.2 Å². The van der Waals surface area contributed by atoms with E-state index in [4.69, 9.17) is 9.47 Å². The summed E-state index contributed by atoms with van der Waals surface area (Å²) in [5, 5.41) is 2.87. The van der Waals surface area contributed by atoms with Crippen molar-refractivity contribution in [2.75, 3.05) is 5.32 Å². The van der Waals surface area contributed by atoms with Gasteiger partial charge in [-0.1, -0.05) is 31.2 Å². The second-order valence-electron chi connectivity index (χ2n) is 5.91. The average molecular weight is 327 g/mol. The monoisotopic (exact) mass is 327 g/mol. The molecule has 1 N–H and O–H groups in total. The van der Waals surface area contributed by atoms with Crippen LogP contribution in [0.4, 0.5) is 5.69 Å². The summed E-state index contributed by atoms with van der Waals surface area (Å²) in [6.45, 7) is 7.74. The fourth-order valence-electron chi connectivity index (χ4n) is 2.32. The summed E-state index contributed by atoms with van der Waals surface area (Å²) in [4.78, 5) is 12.4. The van der Waals surface area contributed by atoms with Crippen LogP contribution in [-0.2, 0) is 11.2 Å². The molecule has 0 fully saturated rings. The predicted molar refractivity (Wildman–Crippen MR) is 96.7 cm³/mol. The summed E-state index contributed by atoms with van der Waals surface area (Å²) >= 11 is 0. The summed E-state index contributed by atoms with van der Waals surface area (Å²) in [5.41, 5.74) is 1.78. The highest BCUT2D eigenvalue weighted by Crippen LogP contribution is 2.21. The second-order valence-corrected chi connectivity index (χ2v) is 5.91. The van der Waals surface area contributed by atoms with Gasteiger partial charge in [-0.25, -0.2) is 0 Å². The van der Waals surface area contributed by atoms with Crippen LogP contribution in [0.3, 0.4) is 0 Å². The van der Waals surface area contributed by atoms with Crippen molar-refractivity contribution >= 4 is 11.6 Å². The standard InChI is InChI=1S/C20H25NO3/c1-5-16-9-6-7-12-19(16)24-15(4)20(22)21-17-10-8-11-18(13-17)23-14(2)3/h6-15H,5H2,1-4H3,(H,21,22)/t15-/m1/s1. The zero-order valence-electron chi connectivity index (χ0n) is 14.7. The minimum atomic E-state index is -0.590. The molecule has 0 aromatic heterocycles. The van der Waals surface area contributed by atoms with Gasteiger partial charge in [0.1, 0.15) is 11.5 Å². The number of anilines is 1. The number of ether oxygens (including phenoxy) is 2. The van der Waals surface area contributed by atoms with Crippen molar-refractivity contribution < 1.29 is 14.3 Å². The lowest BCUT2D eigenvalue weighted by molar-refractivity contribution is -0.122. The number of rotatable bonds is 7. The highest BCUT2D eigenvalue weighted by Gasteiger charge is 2.16. The van der Waals surface area contributed by atoms with E-state index in [0.29, 0.717) is 5.69 Å². The maximum Gasteiger partial charge on any atom is 0.265 e. The van der Waals surface area contributed by atoms with Crippen molar-refractivity contribution in [1.29, 1.82) is 0 Å². The fraction of sp³-hybridized carbons (Fsp3) is 0.350. The Balaban J connectivity index is 2.01. The van der Waals surface area contributed by atoms with Gasteiger partial charge in [-0.05, 0) is 51.0 Å². The highest BCUT2D eigenvalue weighted by atomic mass is 16.5. The van der Waals surface area contributed by atoms with Crippen LogP contribution in [0.25, 0.3) is 0 Å². The Labute approximate surface area is 143 Å². The number of benzene rings is 2. The molecule has 0 aliphatic carbocycles. The van der Waals surface area contributed by atoms with Crippen molar-refractivity contribution in [3.8, 4) is 11.5 Å². The first kappa shape index (κ1) is 17.9. The quantitative estimate of drug-likeness (QED) is 0.817. The number of carbonyl (C=O) groups is 1. The largest absolute Gasteiger partial charge is 0.491 e. The Bertz CT molecular complexity index is 682. The molecule has 128 valence electrons. The van der Waals surface area contributed by atoms with Crippen LogP contribution in [0, 0.1) is 0 Å². The van der Waals surface area contributed by atoms with E-state index in [1.807, 2.05) is 62.4 Å². The van der Waals surface area contributed by atoms with Gasteiger partial charge in [-0.3, -0.25) is 4.79 Å². The summed E-state index contributed by atoms with van der Waals surface area (Å²) in [7, 11) is 0. The van der Waals surface area contributed by atoms with Crippen LogP contribution >= 0.6 is 0 Å². The molecular weight excluding hydrogens is 302 g/mol. The van der Waals surface area contributed by atoms with Gasteiger partial charge >= 0.3 is 0 Å². The lowest BCUT2D eigenvalue weighted by Gasteiger charge is -2.17. The molecule has 0 saturated heterocycles. The number of nitrogens with one attached hydrogen (secondary N) is 1. The van der Waals surface area contributed by atoms with Crippen LogP contribution in [0.1, 0.15) is 33.3 Å². The van der Waals surface area contributed by atoms with E-state index in [1.165, 1.54) is 0 Å². The van der Waals surface area contributed by atoms with E-state index in [0.717, 1.165) is 23.5 Å². The molecule has 0 saturated carbocycles. The molecule has 0 aliphatic heterocycles. The minimum absolute atomic E-state index is 0.0868. The van der Waals surface area contributed by atoms with Gasteiger partial charge in [0.2, 0.25) is 0 Å². The molecule has 0 spiro atoms. The molecule has 0 radical (unpaired) electrons. The van der Waals surface area contributed by atoms with Gasteiger partial charge in [0, 0.05) is 11.8 Å². The normalized spacial score (nSPS) is 11.9. The molecule has 0 heterocycles. The lowest BCUT2D eigenvalue weighted by atomic mass is 10.1. The van der Waals surface area contributed by atoms with Crippen LogP contribution in [0.5, 0.6) is 11.5 Å². The Morgan fingerprint density at radius 3 is 2.50 bits per heavy atom. The number of amides is 1. The number of carbonyl (C=O) groups excluding carboxylic acids is 1. The number of para-hydroxylation sites is 1. The summed E-state index contributed by atoms with van der Waals surface area (Å²) in [6.07, 6.45) is 0.357. The average Bonchev–Trinajstić information content (AvgIpc) is 2.55. The first-order valence-electron chi connectivity index (χ1n) is 8.31. The Morgan fingerprint density at radius 2 is 1.79 bits per heavy atom.